The number of allylic oxidation sites excluding steroid dienone is 2. The molecule has 0 amide bonds. The predicted octanol–water partition coefficient (Wildman–Crippen LogP) is 6.23. The van der Waals surface area contributed by atoms with Crippen LogP contribution in [0.4, 0.5) is 0 Å². The van der Waals surface area contributed by atoms with Crippen molar-refractivity contribution in [3.8, 4) is 0 Å². The molecule has 0 spiro atoms. The van der Waals surface area contributed by atoms with Crippen molar-refractivity contribution in [1.82, 2.24) is 4.31 Å². The SMILES string of the molecule is CC1(C)C2CCC1(CS(=O)(=O)N(C1CCCCC1)C1CCCCC1)C(OC(=O)C1CC3C=CC1C3)C2. The molecule has 0 aromatic rings. The topological polar surface area (TPSA) is 63.7 Å². The molecule has 0 saturated heterocycles. The Morgan fingerprint density at radius 1 is 0.889 bits per heavy atom. The van der Waals surface area contributed by atoms with Crippen LogP contribution in [0.3, 0.4) is 0 Å². The summed E-state index contributed by atoms with van der Waals surface area (Å²) in [4.78, 5) is 13.4. The maximum Gasteiger partial charge on any atom is 0.309 e. The Kier molecular flexibility index (Phi) is 6.63. The van der Waals surface area contributed by atoms with Gasteiger partial charge >= 0.3 is 5.97 Å². The Morgan fingerprint density at radius 3 is 2.06 bits per heavy atom. The number of carbonyl (C=O) groups excluding carboxylic acids is 1. The second kappa shape index (κ2) is 9.39. The van der Waals surface area contributed by atoms with Crippen molar-refractivity contribution in [2.24, 2.45) is 34.5 Å². The maximum atomic E-state index is 14.5. The lowest BCUT2D eigenvalue weighted by molar-refractivity contribution is -0.162. The van der Waals surface area contributed by atoms with Gasteiger partial charge in [-0.25, -0.2) is 8.42 Å². The molecule has 6 atom stereocenters. The van der Waals surface area contributed by atoms with Gasteiger partial charge in [0.1, 0.15) is 6.10 Å². The summed E-state index contributed by atoms with van der Waals surface area (Å²) in [7, 11) is -3.49. The van der Waals surface area contributed by atoms with E-state index in [1.165, 1.54) is 12.8 Å². The molecule has 0 N–H and O–H groups in total. The van der Waals surface area contributed by atoms with E-state index in [0.29, 0.717) is 17.8 Å². The van der Waals surface area contributed by atoms with E-state index in [0.717, 1.165) is 83.5 Å². The van der Waals surface area contributed by atoms with Crippen molar-refractivity contribution in [3.05, 3.63) is 12.2 Å². The molecular formula is C30H47NO4S. The number of carbonyl (C=O) groups is 1. The molecule has 6 aliphatic carbocycles. The molecular weight excluding hydrogens is 470 g/mol. The molecule has 6 rings (SSSR count). The van der Waals surface area contributed by atoms with Crippen LogP contribution in [0.1, 0.15) is 110 Å². The Morgan fingerprint density at radius 2 is 1.53 bits per heavy atom. The maximum absolute atomic E-state index is 14.5. The molecule has 5 fully saturated rings. The lowest BCUT2D eigenvalue weighted by Gasteiger charge is -2.46. The molecule has 0 aromatic carbocycles. The first kappa shape index (κ1) is 25.4. The average molecular weight is 518 g/mol. The molecule has 5 nitrogen and oxygen atoms in total. The molecule has 202 valence electrons. The number of esters is 1. The minimum atomic E-state index is -3.49. The highest BCUT2D eigenvalue weighted by Crippen LogP contribution is 2.67. The van der Waals surface area contributed by atoms with Crippen LogP contribution < -0.4 is 0 Å². The van der Waals surface area contributed by atoms with E-state index in [-0.39, 0.29) is 41.2 Å². The Labute approximate surface area is 218 Å². The van der Waals surface area contributed by atoms with Crippen molar-refractivity contribution < 1.29 is 17.9 Å². The highest BCUT2D eigenvalue weighted by molar-refractivity contribution is 7.89. The molecule has 0 aliphatic heterocycles. The fourth-order valence-electron chi connectivity index (χ4n) is 9.61. The number of sulfonamides is 1. The summed E-state index contributed by atoms with van der Waals surface area (Å²) in [6.07, 6.45) is 20.0. The number of ether oxygens (including phenoxy) is 1. The van der Waals surface area contributed by atoms with E-state index >= 15 is 0 Å². The van der Waals surface area contributed by atoms with Gasteiger partial charge in [0.05, 0.1) is 11.7 Å². The van der Waals surface area contributed by atoms with E-state index in [2.05, 4.69) is 26.0 Å². The second-order valence-corrected chi connectivity index (χ2v) is 15.7. The summed E-state index contributed by atoms with van der Waals surface area (Å²) >= 11 is 0. The quantitative estimate of drug-likeness (QED) is 0.296. The van der Waals surface area contributed by atoms with Gasteiger partial charge in [0, 0.05) is 17.5 Å². The third kappa shape index (κ3) is 4.12. The highest BCUT2D eigenvalue weighted by atomic mass is 32.2. The molecule has 0 heterocycles. The number of hydrogen-bond donors (Lipinski definition) is 0. The highest BCUT2D eigenvalue weighted by Gasteiger charge is 2.67. The van der Waals surface area contributed by atoms with Crippen molar-refractivity contribution in [2.45, 2.75) is 128 Å². The summed E-state index contributed by atoms with van der Waals surface area (Å²) in [5.74, 6) is 1.35. The monoisotopic (exact) mass is 517 g/mol. The minimum Gasteiger partial charge on any atom is -0.461 e. The average Bonchev–Trinajstić information content (AvgIpc) is 3.59. The van der Waals surface area contributed by atoms with Crippen LogP contribution in [0, 0.1) is 34.5 Å². The van der Waals surface area contributed by atoms with Gasteiger partial charge in [-0.1, -0.05) is 64.5 Å². The molecule has 4 bridgehead atoms. The zero-order valence-corrected chi connectivity index (χ0v) is 23.3. The van der Waals surface area contributed by atoms with Crippen molar-refractivity contribution in [1.29, 1.82) is 0 Å². The molecule has 5 saturated carbocycles. The lowest BCUT2D eigenvalue weighted by atomic mass is 9.69. The normalized spacial score (nSPS) is 40.4. The third-order valence-corrected chi connectivity index (χ3v) is 13.9. The van der Waals surface area contributed by atoms with Gasteiger partial charge in [0.2, 0.25) is 10.0 Å². The van der Waals surface area contributed by atoms with E-state index in [1.54, 1.807) is 0 Å². The van der Waals surface area contributed by atoms with Crippen LogP contribution in [0.25, 0.3) is 0 Å². The zero-order valence-electron chi connectivity index (χ0n) is 22.5. The van der Waals surface area contributed by atoms with Crippen LogP contribution in [-0.4, -0.2) is 42.6 Å². The summed E-state index contributed by atoms with van der Waals surface area (Å²) in [5.41, 5.74) is -0.606. The number of fused-ring (bicyclic) bond motifs is 4. The summed E-state index contributed by atoms with van der Waals surface area (Å²) in [6.45, 7) is 4.53. The molecule has 6 aliphatic rings. The third-order valence-electron chi connectivity index (χ3n) is 11.8. The van der Waals surface area contributed by atoms with Gasteiger partial charge in [0.15, 0.2) is 0 Å². The fourth-order valence-corrected chi connectivity index (χ4v) is 12.4. The number of rotatable bonds is 7. The molecule has 0 aromatic heterocycles. The smallest absolute Gasteiger partial charge is 0.309 e. The minimum absolute atomic E-state index is 0.0307. The first-order valence-corrected chi connectivity index (χ1v) is 16.7. The van der Waals surface area contributed by atoms with E-state index in [4.69, 9.17) is 4.74 Å². The molecule has 36 heavy (non-hydrogen) atoms. The zero-order chi connectivity index (χ0) is 25.1. The summed E-state index contributed by atoms with van der Waals surface area (Å²) in [5, 5.41) is 0. The standard InChI is InChI=1S/C30H47NO4S/c1-29(2)23-15-16-30(29,27(19-23)35-28(32)26-18-21-13-14-22(26)17-21)20-36(33,34)31(24-9-5-3-6-10-24)25-11-7-4-8-12-25/h13-14,21-27H,3-12,15-20H2,1-2H3. The van der Waals surface area contributed by atoms with Crippen LogP contribution >= 0.6 is 0 Å². The van der Waals surface area contributed by atoms with Gasteiger partial charge in [-0.3, -0.25) is 4.79 Å². The van der Waals surface area contributed by atoms with Gasteiger partial charge in [0.25, 0.3) is 0 Å². The Bertz CT molecular complexity index is 959. The number of nitrogens with zero attached hydrogens (tertiary/aromatic N) is 1. The second-order valence-electron chi connectivity index (χ2n) is 13.8. The van der Waals surface area contributed by atoms with E-state index in [9.17, 15) is 13.2 Å². The number of hydrogen-bond acceptors (Lipinski definition) is 4. The lowest BCUT2D eigenvalue weighted by Crippen LogP contribution is -2.54. The van der Waals surface area contributed by atoms with Crippen molar-refractivity contribution >= 4 is 16.0 Å². The molecule has 6 heteroatoms. The largest absolute Gasteiger partial charge is 0.461 e. The van der Waals surface area contributed by atoms with E-state index < -0.39 is 15.4 Å². The summed E-state index contributed by atoms with van der Waals surface area (Å²) < 4.78 is 37.5. The Balaban J connectivity index is 1.27. The van der Waals surface area contributed by atoms with Crippen molar-refractivity contribution in [3.63, 3.8) is 0 Å². The van der Waals surface area contributed by atoms with Crippen LogP contribution in [0.2, 0.25) is 0 Å². The molecule has 6 unspecified atom stereocenters. The van der Waals surface area contributed by atoms with Gasteiger partial charge in [-0.2, -0.15) is 4.31 Å². The Hall–Kier alpha value is -0.880. The molecule has 0 radical (unpaired) electrons. The van der Waals surface area contributed by atoms with Crippen LogP contribution in [0.5, 0.6) is 0 Å². The summed E-state index contributed by atoms with van der Waals surface area (Å²) in [6, 6.07) is 0.318. The van der Waals surface area contributed by atoms with Gasteiger partial charge in [-0.05, 0) is 81.0 Å². The fraction of sp³-hybridized carbons (Fsp3) is 0.900. The van der Waals surface area contributed by atoms with Crippen LogP contribution in [0.15, 0.2) is 12.2 Å². The first-order chi connectivity index (χ1) is 17.2. The van der Waals surface area contributed by atoms with Crippen molar-refractivity contribution in [2.75, 3.05) is 5.75 Å². The first-order valence-electron chi connectivity index (χ1n) is 15.1. The predicted molar refractivity (Wildman–Crippen MR) is 142 cm³/mol. The van der Waals surface area contributed by atoms with Gasteiger partial charge in [-0.15, -0.1) is 0 Å². The van der Waals surface area contributed by atoms with Crippen LogP contribution in [-0.2, 0) is 19.6 Å². The van der Waals surface area contributed by atoms with Gasteiger partial charge < -0.3 is 4.74 Å². The van der Waals surface area contributed by atoms with E-state index in [1.807, 2.05) is 4.31 Å².